The van der Waals surface area contributed by atoms with Crippen molar-refractivity contribution in [2.45, 2.75) is 19.6 Å². The Kier molecular flexibility index (Phi) is 8.57. The molecule has 0 atom stereocenters. The van der Waals surface area contributed by atoms with Gasteiger partial charge in [0.05, 0.1) is 30.7 Å². The highest BCUT2D eigenvalue weighted by molar-refractivity contribution is 7.92. The highest BCUT2D eigenvalue weighted by atomic mass is 32.2. The lowest BCUT2D eigenvalue weighted by Gasteiger charge is -2.36. The molecule has 7 nitrogen and oxygen atoms in total. The van der Waals surface area contributed by atoms with E-state index in [1.165, 1.54) is 18.2 Å². The average Bonchev–Trinajstić information content (AvgIpc) is 2.92. The molecule has 0 spiro atoms. The molecular weight excluding hydrogens is 550 g/mol. The summed E-state index contributed by atoms with van der Waals surface area (Å²) in [6.45, 7) is 3.23. The van der Waals surface area contributed by atoms with Crippen LogP contribution >= 0.6 is 0 Å². The third-order valence-corrected chi connectivity index (χ3v) is 7.68. The molecule has 40 heavy (non-hydrogen) atoms. The van der Waals surface area contributed by atoms with Crippen molar-refractivity contribution in [2.75, 3.05) is 48.2 Å². The van der Waals surface area contributed by atoms with E-state index in [-0.39, 0.29) is 18.1 Å². The quantitative estimate of drug-likeness (QED) is 0.345. The van der Waals surface area contributed by atoms with Gasteiger partial charge in [-0.25, -0.2) is 12.8 Å². The second kappa shape index (κ2) is 11.7. The molecule has 12 heteroatoms. The van der Waals surface area contributed by atoms with E-state index in [2.05, 4.69) is 0 Å². The Balaban J connectivity index is 1.53. The molecule has 1 saturated heterocycles. The molecule has 0 unspecified atom stereocenters. The lowest BCUT2D eigenvalue weighted by atomic mass is 10.1. The molecule has 1 amide bonds. The smallest absolute Gasteiger partial charge is 0.416 e. The molecule has 1 aliphatic rings. The van der Waals surface area contributed by atoms with Crippen LogP contribution in [0.25, 0.3) is 0 Å². The summed E-state index contributed by atoms with van der Waals surface area (Å²) in [6.07, 6.45) is -3.40. The predicted molar refractivity (Wildman–Crippen MR) is 145 cm³/mol. The molecule has 0 aromatic heterocycles. The van der Waals surface area contributed by atoms with E-state index in [9.17, 15) is 30.8 Å². The van der Waals surface area contributed by atoms with E-state index in [0.29, 0.717) is 55.3 Å². The van der Waals surface area contributed by atoms with Crippen molar-refractivity contribution in [1.82, 2.24) is 4.90 Å². The SMILES string of the molecule is CCOc1ccc(C(=O)N2CCN(c3cccc(C(F)(F)F)c3)CC2)cc1CN(c1ccc(F)cc1)S(C)(=O)=O. The number of halogens is 4. The summed E-state index contributed by atoms with van der Waals surface area (Å²) in [6, 6.07) is 14.9. The van der Waals surface area contributed by atoms with Crippen LogP contribution < -0.4 is 13.9 Å². The van der Waals surface area contributed by atoms with E-state index in [1.807, 2.05) is 0 Å². The fourth-order valence-electron chi connectivity index (χ4n) is 4.52. The number of benzene rings is 3. The Hall–Kier alpha value is -3.80. The highest BCUT2D eigenvalue weighted by Gasteiger charge is 2.31. The fraction of sp³-hybridized carbons (Fsp3) is 0.321. The maximum absolute atomic E-state index is 13.5. The summed E-state index contributed by atoms with van der Waals surface area (Å²) in [5.41, 5.74) is 0.735. The summed E-state index contributed by atoms with van der Waals surface area (Å²) in [5.74, 6) is -0.391. The van der Waals surface area contributed by atoms with Crippen LogP contribution in [0.5, 0.6) is 5.75 Å². The average molecular weight is 580 g/mol. The molecule has 0 saturated carbocycles. The number of carbonyl (C=O) groups is 1. The maximum Gasteiger partial charge on any atom is 0.416 e. The van der Waals surface area contributed by atoms with Crippen LogP contribution in [0.2, 0.25) is 0 Å². The zero-order valence-corrected chi connectivity index (χ0v) is 22.8. The minimum Gasteiger partial charge on any atom is -0.494 e. The van der Waals surface area contributed by atoms with Crippen LogP contribution in [-0.2, 0) is 22.7 Å². The Labute approximate surface area is 230 Å². The molecule has 1 fully saturated rings. The summed E-state index contributed by atoms with van der Waals surface area (Å²) >= 11 is 0. The normalized spacial score (nSPS) is 14.2. The molecule has 1 aliphatic heterocycles. The summed E-state index contributed by atoms with van der Waals surface area (Å²) in [7, 11) is -3.78. The monoisotopic (exact) mass is 579 g/mol. The van der Waals surface area contributed by atoms with Gasteiger partial charge in [0.25, 0.3) is 5.91 Å². The minimum atomic E-state index is -4.44. The van der Waals surface area contributed by atoms with Crippen molar-refractivity contribution in [3.8, 4) is 5.75 Å². The number of anilines is 2. The van der Waals surface area contributed by atoms with Gasteiger partial charge in [-0.1, -0.05) is 6.07 Å². The Morgan fingerprint density at radius 1 is 0.975 bits per heavy atom. The third kappa shape index (κ3) is 6.85. The van der Waals surface area contributed by atoms with Gasteiger partial charge in [-0.3, -0.25) is 9.10 Å². The fourth-order valence-corrected chi connectivity index (χ4v) is 5.40. The number of piperazine rings is 1. The molecule has 3 aromatic carbocycles. The molecule has 0 bridgehead atoms. The number of rotatable bonds is 8. The second-order valence-corrected chi connectivity index (χ2v) is 11.2. The van der Waals surface area contributed by atoms with Crippen molar-refractivity contribution < 1.29 is 35.5 Å². The van der Waals surface area contributed by atoms with E-state index in [1.54, 1.807) is 41.0 Å². The molecule has 0 aliphatic carbocycles. The van der Waals surface area contributed by atoms with Gasteiger partial charge in [-0.05, 0) is 67.6 Å². The van der Waals surface area contributed by atoms with Gasteiger partial charge in [0.1, 0.15) is 11.6 Å². The van der Waals surface area contributed by atoms with E-state index in [4.69, 9.17) is 4.74 Å². The first-order chi connectivity index (χ1) is 18.9. The predicted octanol–water partition coefficient (Wildman–Crippen LogP) is 5.17. The van der Waals surface area contributed by atoms with Crippen molar-refractivity contribution in [1.29, 1.82) is 0 Å². The maximum atomic E-state index is 13.5. The van der Waals surface area contributed by atoms with Crippen molar-refractivity contribution >= 4 is 27.3 Å². The molecule has 4 rings (SSSR count). The molecule has 0 N–H and O–H groups in total. The standard InChI is InChI=1S/C28H29F4N3O4S/c1-3-39-26-12-7-20(17-21(26)19-35(40(2,37)38)24-10-8-23(29)9-11-24)27(36)34-15-13-33(14-16-34)25-6-4-5-22(18-25)28(30,31)32/h4-12,17-18H,3,13-16,19H2,1-2H3. The van der Waals surface area contributed by atoms with Gasteiger partial charge < -0.3 is 14.5 Å². The number of hydrogen-bond donors (Lipinski definition) is 0. The topological polar surface area (TPSA) is 70.2 Å². The highest BCUT2D eigenvalue weighted by Crippen LogP contribution is 2.32. The van der Waals surface area contributed by atoms with E-state index < -0.39 is 27.6 Å². The Morgan fingerprint density at radius 3 is 2.25 bits per heavy atom. The van der Waals surface area contributed by atoms with Gasteiger partial charge in [-0.15, -0.1) is 0 Å². The number of nitrogens with zero attached hydrogens (tertiary/aromatic N) is 3. The summed E-state index contributed by atoms with van der Waals surface area (Å²) in [5, 5.41) is 0. The number of hydrogen-bond acceptors (Lipinski definition) is 5. The third-order valence-electron chi connectivity index (χ3n) is 6.54. The Bertz CT molecular complexity index is 1460. The molecule has 0 radical (unpaired) electrons. The lowest BCUT2D eigenvalue weighted by Crippen LogP contribution is -2.48. The number of carbonyl (C=O) groups excluding carboxylic acids is 1. The van der Waals surface area contributed by atoms with E-state index in [0.717, 1.165) is 34.8 Å². The number of sulfonamides is 1. The largest absolute Gasteiger partial charge is 0.494 e. The van der Waals surface area contributed by atoms with Gasteiger partial charge in [0, 0.05) is 43.0 Å². The van der Waals surface area contributed by atoms with Crippen LogP contribution in [0.15, 0.2) is 66.7 Å². The van der Waals surface area contributed by atoms with Crippen LogP contribution in [0.3, 0.4) is 0 Å². The van der Waals surface area contributed by atoms with Crippen LogP contribution in [0.1, 0.15) is 28.4 Å². The van der Waals surface area contributed by atoms with E-state index >= 15 is 0 Å². The zero-order chi connectivity index (χ0) is 29.1. The van der Waals surface area contributed by atoms with Crippen molar-refractivity contribution in [3.05, 3.63) is 89.2 Å². The van der Waals surface area contributed by atoms with Gasteiger partial charge in [-0.2, -0.15) is 13.2 Å². The van der Waals surface area contributed by atoms with Crippen LogP contribution in [0.4, 0.5) is 28.9 Å². The molecule has 1 heterocycles. The summed E-state index contributed by atoms with van der Waals surface area (Å²) in [4.78, 5) is 16.8. The lowest BCUT2D eigenvalue weighted by molar-refractivity contribution is -0.137. The zero-order valence-electron chi connectivity index (χ0n) is 22.0. The first-order valence-electron chi connectivity index (χ1n) is 12.6. The first kappa shape index (κ1) is 29.2. The number of amides is 1. The van der Waals surface area contributed by atoms with Gasteiger partial charge in [0.15, 0.2) is 0 Å². The summed E-state index contributed by atoms with van der Waals surface area (Å²) < 4.78 is 84.9. The minimum absolute atomic E-state index is 0.149. The van der Waals surface area contributed by atoms with Gasteiger partial charge in [0.2, 0.25) is 10.0 Å². The van der Waals surface area contributed by atoms with Gasteiger partial charge >= 0.3 is 6.18 Å². The van der Waals surface area contributed by atoms with Crippen molar-refractivity contribution in [3.63, 3.8) is 0 Å². The van der Waals surface area contributed by atoms with Crippen LogP contribution in [-0.4, -0.2) is 58.3 Å². The number of ether oxygens (including phenoxy) is 1. The molecule has 3 aromatic rings. The van der Waals surface area contributed by atoms with Crippen molar-refractivity contribution in [2.24, 2.45) is 0 Å². The first-order valence-corrected chi connectivity index (χ1v) is 14.4. The molecule has 214 valence electrons. The van der Waals surface area contributed by atoms with Crippen LogP contribution in [0, 0.1) is 5.82 Å². The Morgan fingerprint density at radius 2 is 1.65 bits per heavy atom. The molecular formula is C28H29F4N3O4S. The second-order valence-electron chi connectivity index (χ2n) is 9.33. The number of alkyl halides is 3.